The van der Waals surface area contributed by atoms with Crippen molar-refractivity contribution in [2.75, 3.05) is 18.8 Å². The van der Waals surface area contributed by atoms with Crippen molar-refractivity contribution in [2.45, 2.75) is 32.7 Å². The lowest BCUT2D eigenvalue weighted by molar-refractivity contribution is -0.134. The third-order valence-corrected chi connectivity index (χ3v) is 6.46. The average molecular weight is 354 g/mol. The number of rotatable bonds is 6. The third-order valence-electron chi connectivity index (χ3n) is 4.97. The van der Waals surface area contributed by atoms with Gasteiger partial charge in [-0.2, -0.15) is 5.10 Å². The molecule has 1 aromatic rings. The number of amides is 1. The maximum Gasteiger partial charge on any atom is 0.225 e. The number of hydrogen-bond donors (Lipinski definition) is 1. The molecule has 0 bridgehead atoms. The molecule has 2 fully saturated rings. The maximum absolute atomic E-state index is 12.3. The Morgan fingerprint density at radius 2 is 2.21 bits per heavy atom. The first kappa shape index (κ1) is 17.4. The lowest BCUT2D eigenvalue weighted by atomic mass is 9.99. The van der Waals surface area contributed by atoms with Gasteiger partial charge in [0, 0.05) is 44.4 Å². The van der Waals surface area contributed by atoms with E-state index in [4.69, 9.17) is 0 Å². The first-order chi connectivity index (χ1) is 11.3. The monoisotopic (exact) mass is 354 g/mol. The molecule has 3 unspecified atom stereocenters. The number of piperidine rings is 1. The minimum absolute atomic E-state index is 0.0168. The fraction of sp³-hybridized carbons (Fsp3) is 0.750. The van der Waals surface area contributed by atoms with Gasteiger partial charge in [-0.1, -0.05) is 6.92 Å². The standard InChI is InChI=1S/C16H26N4O3S/c1-12-6-15(12)16(21)20-5-3-4-13(10-20)11-24(22,23)18-8-14-7-17-19(2)9-14/h7,9,12-13,15,18H,3-6,8,10-11H2,1-2H3. The van der Waals surface area contributed by atoms with Crippen molar-refractivity contribution in [3.63, 3.8) is 0 Å². The molecule has 1 aromatic heterocycles. The van der Waals surface area contributed by atoms with Gasteiger partial charge in [-0.05, 0) is 31.1 Å². The number of hydrogen-bond acceptors (Lipinski definition) is 4. The second kappa shape index (κ2) is 6.84. The maximum atomic E-state index is 12.3. The quantitative estimate of drug-likeness (QED) is 0.816. The molecule has 7 nitrogen and oxygen atoms in total. The summed E-state index contributed by atoms with van der Waals surface area (Å²) in [5.74, 6) is 0.972. The molecule has 0 spiro atoms. The Labute approximate surface area is 143 Å². The summed E-state index contributed by atoms with van der Waals surface area (Å²) in [7, 11) is -1.56. The second-order valence-electron chi connectivity index (χ2n) is 7.24. The van der Waals surface area contributed by atoms with Crippen LogP contribution < -0.4 is 4.72 Å². The highest BCUT2D eigenvalue weighted by Crippen LogP contribution is 2.39. The minimum Gasteiger partial charge on any atom is -0.342 e. The van der Waals surface area contributed by atoms with Crippen LogP contribution in [0.5, 0.6) is 0 Å². The van der Waals surface area contributed by atoms with Gasteiger partial charge in [-0.25, -0.2) is 13.1 Å². The summed E-state index contributed by atoms with van der Waals surface area (Å²) in [6.45, 7) is 3.68. The van der Waals surface area contributed by atoms with Crippen LogP contribution in [0.3, 0.4) is 0 Å². The predicted octanol–water partition coefficient (Wildman–Crippen LogP) is 0.734. The molecule has 0 aromatic carbocycles. The van der Waals surface area contributed by atoms with Crippen molar-refractivity contribution in [2.24, 2.45) is 24.8 Å². The van der Waals surface area contributed by atoms with Gasteiger partial charge in [-0.3, -0.25) is 9.48 Å². The Kier molecular flexibility index (Phi) is 4.96. The SMILES string of the molecule is CC1CC1C(=O)N1CCCC(CS(=O)(=O)NCc2cnn(C)c2)C1. The molecule has 0 radical (unpaired) electrons. The van der Waals surface area contributed by atoms with Crippen molar-refractivity contribution in [1.82, 2.24) is 19.4 Å². The molecule has 1 saturated carbocycles. The van der Waals surface area contributed by atoms with Crippen molar-refractivity contribution in [3.8, 4) is 0 Å². The van der Waals surface area contributed by atoms with E-state index in [1.165, 1.54) is 0 Å². The van der Waals surface area contributed by atoms with Crippen LogP contribution >= 0.6 is 0 Å². The van der Waals surface area contributed by atoms with E-state index in [1.807, 2.05) is 4.90 Å². The minimum atomic E-state index is -3.36. The van der Waals surface area contributed by atoms with E-state index < -0.39 is 10.0 Å². The topological polar surface area (TPSA) is 84.3 Å². The number of sulfonamides is 1. The van der Waals surface area contributed by atoms with E-state index in [0.717, 1.165) is 31.4 Å². The van der Waals surface area contributed by atoms with E-state index >= 15 is 0 Å². The molecule has 24 heavy (non-hydrogen) atoms. The number of carbonyl (C=O) groups excluding carboxylic acids is 1. The summed E-state index contributed by atoms with van der Waals surface area (Å²) in [4.78, 5) is 14.2. The van der Waals surface area contributed by atoms with Crippen LogP contribution in [0.25, 0.3) is 0 Å². The average Bonchev–Trinajstić information content (AvgIpc) is 3.10. The zero-order valence-corrected chi connectivity index (χ0v) is 15.1. The molecule has 134 valence electrons. The highest BCUT2D eigenvalue weighted by molar-refractivity contribution is 7.89. The van der Waals surface area contributed by atoms with Crippen molar-refractivity contribution in [3.05, 3.63) is 18.0 Å². The van der Waals surface area contributed by atoms with Gasteiger partial charge < -0.3 is 4.90 Å². The molecule has 2 aliphatic rings. The number of carbonyl (C=O) groups is 1. The molecular formula is C16H26N4O3S. The highest BCUT2D eigenvalue weighted by Gasteiger charge is 2.42. The Balaban J connectivity index is 1.51. The molecule has 3 rings (SSSR count). The molecule has 1 amide bonds. The van der Waals surface area contributed by atoms with Gasteiger partial charge in [0.2, 0.25) is 15.9 Å². The van der Waals surface area contributed by atoms with E-state index in [0.29, 0.717) is 12.5 Å². The molecule has 3 atom stereocenters. The van der Waals surface area contributed by atoms with Crippen molar-refractivity contribution in [1.29, 1.82) is 0 Å². The van der Waals surface area contributed by atoms with Crippen LogP contribution in [0.1, 0.15) is 31.7 Å². The van der Waals surface area contributed by atoms with Crippen molar-refractivity contribution >= 4 is 15.9 Å². The molecule has 1 N–H and O–H groups in total. The van der Waals surface area contributed by atoms with Crippen LogP contribution in [0.15, 0.2) is 12.4 Å². The van der Waals surface area contributed by atoms with E-state index in [2.05, 4.69) is 16.7 Å². The van der Waals surface area contributed by atoms with Gasteiger partial charge >= 0.3 is 0 Å². The summed E-state index contributed by atoms with van der Waals surface area (Å²) < 4.78 is 28.9. The summed E-state index contributed by atoms with van der Waals surface area (Å²) in [6, 6.07) is 0. The first-order valence-electron chi connectivity index (χ1n) is 8.57. The van der Waals surface area contributed by atoms with Crippen molar-refractivity contribution < 1.29 is 13.2 Å². The van der Waals surface area contributed by atoms with Crippen LogP contribution in [-0.2, 0) is 28.4 Å². The molecule has 1 aliphatic carbocycles. The number of nitrogens with zero attached hydrogens (tertiary/aromatic N) is 3. The van der Waals surface area contributed by atoms with E-state index in [1.54, 1.807) is 24.1 Å². The van der Waals surface area contributed by atoms with Gasteiger partial charge in [-0.15, -0.1) is 0 Å². The second-order valence-corrected chi connectivity index (χ2v) is 9.09. The number of nitrogens with one attached hydrogen (secondary N) is 1. The number of aromatic nitrogens is 2. The Hall–Kier alpha value is -1.41. The summed E-state index contributed by atoms with van der Waals surface area (Å²) >= 11 is 0. The van der Waals surface area contributed by atoms with Crippen LogP contribution in [0.2, 0.25) is 0 Å². The summed E-state index contributed by atoms with van der Waals surface area (Å²) in [5.41, 5.74) is 0.837. The fourth-order valence-electron chi connectivity index (χ4n) is 3.43. The highest BCUT2D eigenvalue weighted by atomic mass is 32.2. The van der Waals surface area contributed by atoms with Gasteiger partial charge in [0.1, 0.15) is 0 Å². The van der Waals surface area contributed by atoms with E-state index in [9.17, 15) is 13.2 Å². The Morgan fingerprint density at radius 1 is 1.46 bits per heavy atom. The van der Waals surface area contributed by atoms with Crippen LogP contribution in [0, 0.1) is 17.8 Å². The van der Waals surface area contributed by atoms with Gasteiger partial charge in [0.15, 0.2) is 0 Å². The normalized spacial score (nSPS) is 27.2. The zero-order valence-electron chi connectivity index (χ0n) is 14.3. The van der Waals surface area contributed by atoms with Gasteiger partial charge in [0.25, 0.3) is 0 Å². The summed E-state index contributed by atoms with van der Waals surface area (Å²) in [6.07, 6.45) is 6.17. The van der Waals surface area contributed by atoms with Crippen LogP contribution in [0.4, 0.5) is 0 Å². The molecule has 8 heteroatoms. The third kappa shape index (κ3) is 4.36. The molecule has 2 heterocycles. The Bertz CT molecular complexity index is 700. The molecular weight excluding hydrogens is 328 g/mol. The lowest BCUT2D eigenvalue weighted by Gasteiger charge is -2.33. The largest absolute Gasteiger partial charge is 0.342 e. The molecule has 1 saturated heterocycles. The number of aryl methyl sites for hydroxylation is 1. The smallest absolute Gasteiger partial charge is 0.225 e. The fourth-order valence-corrected chi connectivity index (χ4v) is 4.82. The zero-order chi connectivity index (χ0) is 17.3. The molecule has 1 aliphatic heterocycles. The lowest BCUT2D eigenvalue weighted by Crippen LogP contribution is -2.44. The van der Waals surface area contributed by atoms with E-state index in [-0.39, 0.29) is 30.0 Å². The van der Waals surface area contributed by atoms with Gasteiger partial charge in [0.05, 0.1) is 11.9 Å². The van der Waals surface area contributed by atoms with Crippen LogP contribution in [-0.4, -0.2) is 47.8 Å². The number of likely N-dealkylation sites (tertiary alicyclic amines) is 1. The first-order valence-corrected chi connectivity index (χ1v) is 10.2. The summed E-state index contributed by atoms with van der Waals surface area (Å²) in [5, 5.41) is 4.03. The predicted molar refractivity (Wildman–Crippen MR) is 90.4 cm³/mol. The Morgan fingerprint density at radius 3 is 2.83 bits per heavy atom.